The van der Waals surface area contributed by atoms with Crippen LogP contribution in [0.4, 0.5) is 8.78 Å². The number of amides is 2. The molecule has 4 nitrogen and oxygen atoms in total. The van der Waals surface area contributed by atoms with Gasteiger partial charge in [-0.3, -0.25) is 9.59 Å². The van der Waals surface area contributed by atoms with Crippen LogP contribution in [0.5, 0.6) is 0 Å². The summed E-state index contributed by atoms with van der Waals surface area (Å²) in [6.07, 6.45) is 0.441. The maximum Gasteiger partial charge on any atom is 0.254 e. The Hall–Kier alpha value is -3.54. The maximum absolute atomic E-state index is 14.0. The molecule has 3 aromatic carbocycles. The Morgan fingerprint density at radius 3 is 2.52 bits per heavy atom. The molecule has 1 heterocycles. The first-order chi connectivity index (χ1) is 15.0. The van der Waals surface area contributed by atoms with Gasteiger partial charge >= 0.3 is 0 Å². The zero-order valence-electron chi connectivity index (χ0n) is 16.9. The van der Waals surface area contributed by atoms with Gasteiger partial charge in [0.25, 0.3) is 5.91 Å². The molecule has 1 atom stereocenters. The maximum atomic E-state index is 14.0. The van der Waals surface area contributed by atoms with Crippen LogP contribution >= 0.6 is 0 Å². The monoisotopic (exact) mass is 420 g/mol. The van der Waals surface area contributed by atoms with Crippen LogP contribution in [0.3, 0.4) is 0 Å². The summed E-state index contributed by atoms with van der Waals surface area (Å²) < 4.78 is 27.5. The van der Waals surface area contributed by atoms with Crippen LogP contribution in [-0.2, 0) is 11.2 Å². The Bertz CT molecular complexity index is 1100. The van der Waals surface area contributed by atoms with Crippen molar-refractivity contribution in [3.63, 3.8) is 0 Å². The highest BCUT2D eigenvalue weighted by atomic mass is 19.1. The fourth-order valence-corrected chi connectivity index (χ4v) is 3.84. The van der Waals surface area contributed by atoms with Gasteiger partial charge in [-0.25, -0.2) is 8.78 Å². The van der Waals surface area contributed by atoms with E-state index in [1.54, 1.807) is 29.2 Å². The third-order valence-corrected chi connectivity index (χ3v) is 5.47. The highest BCUT2D eigenvalue weighted by molar-refractivity contribution is 5.95. The Morgan fingerprint density at radius 2 is 1.77 bits per heavy atom. The predicted octanol–water partition coefficient (Wildman–Crippen LogP) is 4.06. The molecule has 0 unspecified atom stereocenters. The summed E-state index contributed by atoms with van der Waals surface area (Å²) in [7, 11) is 0. The van der Waals surface area contributed by atoms with E-state index in [0.717, 1.165) is 11.1 Å². The van der Waals surface area contributed by atoms with E-state index in [9.17, 15) is 18.4 Å². The van der Waals surface area contributed by atoms with E-state index in [1.807, 2.05) is 24.3 Å². The molecule has 0 aliphatic carbocycles. The van der Waals surface area contributed by atoms with Crippen molar-refractivity contribution < 1.29 is 18.4 Å². The highest BCUT2D eigenvalue weighted by Gasteiger charge is 2.28. The highest BCUT2D eigenvalue weighted by Crippen LogP contribution is 2.24. The second-order valence-corrected chi connectivity index (χ2v) is 7.63. The van der Waals surface area contributed by atoms with Crippen LogP contribution in [0, 0.1) is 17.6 Å². The summed E-state index contributed by atoms with van der Waals surface area (Å²) in [6.45, 7) is 0.961. The first-order valence-electron chi connectivity index (χ1n) is 10.2. The smallest absolute Gasteiger partial charge is 0.254 e. The first kappa shape index (κ1) is 20.7. The van der Waals surface area contributed by atoms with Crippen LogP contribution in [-0.4, -0.2) is 36.3 Å². The molecule has 2 amide bonds. The first-order valence-corrected chi connectivity index (χ1v) is 10.2. The molecule has 0 radical (unpaired) electrons. The normalized spacial score (nSPS) is 16.5. The Morgan fingerprint density at radius 1 is 1.00 bits per heavy atom. The van der Waals surface area contributed by atoms with Crippen molar-refractivity contribution in [2.75, 3.05) is 19.6 Å². The number of carbonyl (C=O) groups excluding carboxylic acids is 2. The van der Waals surface area contributed by atoms with E-state index in [1.165, 1.54) is 24.3 Å². The second-order valence-electron chi connectivity index (χ2n) is 7.63. The summed E-state index contributed by atoms with van der Waals surface area (Å²) in [6, 6.07) is 19.5. The molecule has 0 spiro atoms. The lowest BCUT2D eigenvalue weighted by atomic mass is 9.95. The number of hydrogen-bond acceptors (Lipinski definition) is 2. The molecular formula is C25H22F2N2O2. The minimum Gasteiger partial charge on any atom is -0.354 e. The van der Waals surface area contributed by atoms with Crippen molar-refractivity contribution in [1.82, 2.24) is 10.2 Å². The van der Waals surface area contributed by atoms with E-state index in [4.69, 9.17) is 0 Å². The summed E-state index contributed by atoms with van der Waals surface area (Å²) in [4.78, 5) is 27.0. The molecule has 0 aromatic heterocycles. The Labute approximate surface area is 179 Å². The van der Waals surface area contributed by atoms with Crippen molar-refractivity contribution in [3.8, 4) is 11.1 Å². The van der Waals surface area contributed by atoms with Gasteiger partial charge in [-0.2, -0.15) is 0 Å². The van der Waals surface area contributed by atoms with E-state index in [2.05, 4.69) is 5.32 Å². The zero-order valence-corrected chi connectivity index (χ0v) is 16.9. The van der Waals surface area contributed by atoms with Gasteiger partial charge in [-0.05, 0) is 41.8 Å². The number of nitrogens with one attached hydrogen (secondary N) is 1. The Kier molecular flexibility index (Phi) is 6.07. The molecule has 158 valence electrons. The molecule has 1 aliphatic rings. The number of nitrogens with zero attached hydrogens (tertiary/aromatic N) is 1. The van der Waals surface area contributed by atoms with Gasteiger partial charge in [0.05, 0.1) is 5.92 Å². The standard InChI is InChI=1S/C25H22F2N2O2/c26-21-5-3-4-19(15-21)25(31)29-13-12-28-24(30)20(16-29)14-17-8-10-18(11-9-17)22-6-1-2-7-23(22)27/h1-11,15,20H,12-14,16H2,(H,28,30)/t20-/m1/s1. The zero-order chi connectivity index (χ0) is 21.8. The van der Waals surface area contributed by atoms with Gasteiger partial charge in [0.15, 0.2) is 0 Å². The molecule has 4 rings (SSSR count). The topological polar surface area (TPSA) is 49.4 Å². The number of carbonyl (C=O) groups is 2. The van der Waals surface area contributed by atoms with E-state index in [-0.39, 0.29) is 29.7 Å². The van der Waals surface area contributed by atoms with Crippen molar-refractivity contribution in [3.05, 3.63) is 95.6 Å². The molecular weight excluding hydrogens is 398 g/mol. The van der Waals surface area contributed by atoms with Crippen LogP contribution in [0.15, 0.2) is 72.8 Å². The third kappa shape index (κ3) is 4.79. The minimum atomic E-state index is -0.471. The predicted molar refractivity (Wildman–Crippen MR) is 114 cm³/mol. The molecule has 31 heavy (non-hydrogen) atoms. The van der Waals surface area contributed by atoms with E-state index < -0.39 is 11.7 Å². The molecule has 6 heteroatoms. The van der Waals surface area contributed by atoms with E-state index >= 15 is 0 Å². The summed E-state index contributed by atoms with van der Waals surface area (Å²) in [5.41, 5.74) is 2.46. The van der Waals surface area contributed by atoms with Crippen LogP contribution in [0.1, 0.15) is 15.9 Å². The summed E-state index contributed by atoms with van der Waals surface area (Å²) >= 11 is 0. The lowest BCUT2D eigenvalue weighted by Crippen LogP contribution is -2.37. The number of halogens is 2. The number of hydrogen-bond donors (Lipinski definition) is 1. The number of benzene rings is 3. The third-order valence-electron chi connectivity index (χ3n) is 5.47. The molecule has 3 aromatic rings. The summed E-state index contributed by atoms with van der Waals surface area (Å²) in [5.74, 6) is -1.60. The summed E-state index contributed by atoms with van der Waals surface area (Å²) in [5, 5.41) is 2.85. The van der Waals surface area contributed by atoms with Crippen molar-refractivity contribution in [1.29, 1.82) is 0 Å². The number of rotatable bonds is 4. The minimum absolute atomic E-state index is 0.118. The van der Waals surface area contributed by atoms with E-state index in [0.29, 0.717) is 25.1 Å². The van der Waals surface area contributed by atoms with Crippen LogP contribution < -0.4 is 5.32 Å². The Balaban J connectivity index is 1.49. The van der Waals surface area contributed by atoms with Crippen LogP contribution in [0.25, 0.3) is 11.1 Å². The van der Waals surface area contributed by atoms with Gasteiger partial charge in [0.2, 0.25) is 5.91 Å². The second kappa shape index (κ2) is 9.08. The molecule has 1 aliphatic heterocycles. The van der Waals surface area contributed by atoms with Gasteiger partial charge in [0, 0.05) is 30.8 Å². The van der Waals surface area contributed by atoms with Crippen molar-refractivity contribution in [2.24, 2.45) is 5.92 Å². The molecule has 0 saturated carbocycles. The fraction of sp³-hybridized carbons (Fsp3) is 0.200. The fourth-order valence-electron chi connectivity index (χ4n) is 3.84. The van der Waals surface area contributed by atoms with Crippen LogP contribution in [0.2, 0.25) is 0 Å². The SMILES string of the molecule is O=C1NCCN(C(=O)c2cccc(F)c2)C[C@H]1Cc1ccc(-c2ccccc2F)cc1. The van der Waals surface area contributed by atoms with Gasteiger partial charge < -0.3 is 10.2 Å². The quantitative estimate of drug-likeness (QED) is 0.692. The molecule has 0 bridgehead atoms. The van der Waals surface area contributed by atoms with Crippen molar-refractivity contribution in [2.45, 2.75) is 6.42 Å². The lowest BCUT2D eigenvalue weighted by Gasteiger charge is -2.23. The van der Waals surface area contributed by atoms with Crippen molar-refractivity contribution >= 4 is 11.8 Å². The van der Waals surface area contributed by atoms with Gasteiger partial charge in [0.1, 0.15) is 11.6 Å². The average molecular weight is 420 g/mol. The lowest BCUT2D eigenvalue weighted by molar-refractivity contribution is -0.124. The van der Waals surface area contributed by atoms with Gasteiger partial charge in [-0.15, -0.1) is 0 Å². The largest absolute Gasteiger partial charge is 0.354 e. The van der Waals surface area contributed by atoms with Gasteiger partial charge in [-0.1, -0.05) is 48.5 Å². The average Bonchev–Trinajstić information content (AvgIpc) is 2.96. The molecule has 1 fully saturated rings. The molecule has 1 saturated heterocycles. The molecule has 1 N–H and O–H groups in total.